The summed E-state index contributed by atoms with van der Waals surface area (Å²) in [4.78, 5) is 14.3. The Hall–Kier alpha value is -2.15. The zero-order valence-electron chi connectivity index (χ0n) is 11.4. The maximum atomic E-state index is 10.9. The predicted molar refractivity (Wildman–Crippen MR) is 83.8 cm³/mol. The Morgan fingerprint density at radius 2 is 2.24 bits per heavy atom. The van der Waals surface area contributed by atoms with Crippen LogP contribution in [0.3, 0.4) is 0 Å². The Morgan fingerprint density at radius 1 is 1.43 bits per heavy atom. The summed E-state index contributed by atoms with van der Waals surface area (Å²) >= 11 is 3.25. The standard InChI is InChI=1S/C14H14BrN3O3/c1-10-3-2-4-11(7-10)21-6-5-17-14-12(15)8-16-9-13(14)18(19)20/h2-4,7-9H,5-6H2,1H3,(H,16,17). The lowest BCUT2D eigenvalue weighted by Gasteiger charge is -2.10. The van der Waals surface area contributed by atoms with E-state index in [2.05, 4.69) is 26.2 Å². The van der Waals surface area contributed by atoms with Gasteiger partial charge in [-0.2, -0.15) is 0 Å². The van der Waals surface area contributed by atoms with Crippen LogP contribution < -0.4 is 10.1 Å². The van der Waals surface area contributed by atoms with Gasteiger partial charge in [0.15, 0.2) is 0 Å². The molecule has 0 spiro atoms. The molecule has 1 heterocycles. The summed E-state index contributed by atoms with van der Waals surface area (Å²) in [5.41, 5.74) is 1.45. The van der Waals surface area contributed by atoms with E-state index in [1.165, 1.54) is 12.4 Å². The van der Waals surface area contributed by atoms with Crippen molar-refractivity contribution in [3.63, 3.8) is 0 Å². The minimum atomic E-state index is -0.471. The third-order valence-corrected chi connectivity index (χ3v) is 3.34. The molecule has 0 amide bonds. The van der Waals surface area contributed by atoms with Crippen molar-refractivity contribution in [1.82, 2.24) is 4.98 Å². The second-order valence-electron chi connectivity index (χ2n) is 4.36. The number of rotatable bonds is 6. The first kappa shape index (κ1) is 15.2. The van der Waals surface area contributed by atoms with Crippen LogP contribution in [0.2, 0.25) is 0 Å². The molecule has 0 fully saturated rings. The molecule has 0 saturated heterocycles. The van der Waals surface area contributed by atoms with E-state index in [1.807, 2.05) is 31.2 Å². The van der Waals surface area contributed by atoms with Gasteiger partial charge in [0.1, 0.15) is 24.2 Å². The van der Waals surface area contributed by atoms with Gasteiger partial charge in [0.2, 0.25) is 0 Å². The third-order valence-electron chi connectivity index (χ3n) is 2.74. The zero-order valence-corrected chi connectivity index (χ0v) is 13.0. The van der Waals surface area contributed by atoms with Gasteiger partial charge in [-0.15, -0.1) is 0 Å². The Labute approximate surface area is 130 Å². The molecule has 1 N–H and O–H groups in total. The van der Waals surface area contributed by atoms with E-state index in [-0.39, 0.29) is 5.69 Å². The Balaban J connectivity index is 1.93. The molecule has 7 heteroatoms. The molecule has 6 nitrogen and oxygen atoms in total. The molecule has 0 radical (unpaired) electrons. The van der Waals surface area contributed by atoms with Crippen molar-refractivity contribution in [3.05, 3.63) is 56.8 Å². The van der Waals surface area contributed by atoms with Crippen LogP contribution in [0, 0.1) is 17.0 Å². The van der Waals surface area contributed by atoms with Gasteiger partial charge in [0, 0.05) is 12.7 Å². The molecule has 0 saturated carbocycles. The van der Waals surface area contributed by atoms with Crippen molar-refractivity contribution in [2.24, 2.45) is 0 Å². The number of hydrogen-bond acceptors (Lipinski definition) is 5. The molecule has 0 aliphatic carbocycles. The molecule has 0 bridgehead atoms. The van der Waals surface area contributed by atoms with Gasteiger partial charge in [-0.3, -0.25) is 15.1 Å². The van der Waals surface area contributed by atoms with E-state index in [9.17, 15) is 10.1 Å². The highest BCUT2D eigenvalue weighted by Crippen LogP contribution is 2.30. The molecule has 0 aliphatic heterocycles. The van der Waals surface area contributed by atoms with Crippen molar-refractivity contribution in [2.75, 3.05) is 18.5 Å². The van der Waals surface area contributed by atoms with E-state index in [0.29, 0.717) is 23.3 Å². The van der Waals surface area contributed by atoms with E-state index in [1.54, 1.807) is 0 Å². The van der Waals surface area contributed by atoms with Crippen molar-refractivity contribution >= 4 is 27.3 Å². The van der Waals surface area contributed by atoms with Crippen LogP contribution in [-0.4, -0.2) is 23.1 Å². The van der Waals surface area contributed by atoms with Gasteiger partial charge in [-0.05, 0) is 40.5 Å². The number of ether oxygens (including phenoxy) is 1. The van der Waals surface area contributed by atoms with E-state index < -0.39 is 4.92 Å². The number of anilines is 1. The van der Waals surface area contributed by atoms with Crippen LogP contribution in [-0.2, 0) is 0 Å². The number of aromatic nitrogens is 1. The number of nitrogens with one attached hydrogen (secondary N) is 1. The molecule has 0 atom stereocenters. The summed E-state index contributed by atoms with van der Waals surface area (Å²) < 4.78 is 6.13. The van der Waals surface area contributed by atoms with Crippen LogP contribution in [0.1, 0.15) is 5.56 Å². The molecule has 21 heavy (non-hydrogen) atoms. The number of hydrogen-bond donors (Lipinski definition) is 1. The molecule has 1 aromatic heterocycles. The lowest BCUT2D eigenvalue weighted by Crippen LogP contribution is -2.13. The zero-order chi connectivity index (χ0) is 15.2. The van der Waals surface area contributed by atoms with Crippen molar-refractivity contribution in [2.45, 2.75) is 6.92 Å². The normalized spacial score (nSPS) is 10.2. The number of pyridine rings is 1. The van der Waals surface area contributed by atoms with Gasteiger partial charge in [0.05, 0.1) is 9.40 Å². The van der Waals surface area contributed by atoms with Crippen LogP contribution in [0.15, 0.2) is 41.1 Å². The second-order valence-corrected chi connectivity index (χ2v) is 5.22. The monoisotopic (exact) mass is 351 g/mol. The summed E-state index contributed by atoms with van der Waals surface area (Å²) in [5.74, 6) is 0.778. The van der Waals surface area contributed by atoms with Crippen molar-refractivity contribution in [1.29, 1.82) is 0 Å². The molecule has 0 aliphatic rings. The van der Waals surface area contributed by atoms with Crippen molar-refractivity contribution < 1.29 is 9.66 Å². The van der Waals surface area contributed by atoms with Gasteiger partial charge in [-0.1, -0.05) is 12.1 Å². The summed E-state index contributed by atoms with van der Waals surface area (Å²) in [7, 11) is 0. The van der Waals surface area contributed by atoms with Gasteiger partial charge < -0.3 is 10.1 Å². The SMILES string of the molecule is Cc1cccc(OCCNc2c(Br)cncc2[N+](=O)[O-])c1. The van der Waals surface area contributed by atoms with Crippen molar-refractivity contribution in [3.8, 4) is 5.75 Å². The molecule has 2 aromatic rings. The highest BCUT2D eigenvalue weighted by molar-refractivity contribution is 9.10. The number of benzene rings is 1. The minimum Gasteiger partial charge on any atom is -0.492 e. The lowest BCUT2D eigenvalue weighted by atomic mass is 10.2. The number of nitro groups is 1. The van der Waals surface area contributed by atoms with E-state index in [4.69, 9.17) is 4.74 Å². The first-order valence-corrected chi connectivity index (χ1v) is 7.08. The van der Waals surface area contributed by atoms with Crippen LogP contribution in [0.25, 0.3) is 0 Å². The summed E-state index contributed by atoms with van der Waals surface area (Å²) in [5, 5.41) is 13.9. The maximum Gasteiger partial charge on any atom is 0.311 e. The Bertz CT molecular complexity index is 649. The second kappa shape index (κ2) is 7.03. The molecule has 0 unspecified atom stereocenters. The van der Waals surface area contributed by atoms with E-state index >= 15 is 0 Å². The fourth-order valence-electron chi connectivity index (χ4n) is 1.79. The highest BCUT2D eigenvalue weighted by Gasteiger charge is 2.16. The third kappa shape index (κ3) is 4.16. The number of nitrogens with zero attached hydrogens (tertiary/aromatic N) is 2. The quantitative estimate of drug-likeness (QED) is 0.489. The Morgan fingerprint density at radius 3 is 2.95 bits per heavy atom. The average molecular weight is 352 g/mol. The average Bonchev–Trinajstić information content (AvgIpc) is 2.44. The lowest BCUT2D eigenvalue weighted by molar-refractivity contribution is -0.384. The van der Waals surface area contributed by atoms with Crippen LogP contribution in [0.5, 0.6) is 5.75 Å². The minimum absolute atomic E-state index is 0.0695. The van der Waals surface area contributed by atoms with Crippen LogP contribution in [0.4, 0.5) is 11.4 Å². The van der Waals surface area contributed by atoms with Gasteiger partial charge >= 0.3 is 5.69 Å². The topological polar surface area (TPSA) is 77.3 Å². The summed E-state index contributed by atoms with van der Waals surface area (Å²) in [6, 6.07) is 7.72. The fourth-order valence-corrected chi connectivity index (χ4v) is 2.25. The number of halogens is 1. The molecule has 110 valence electrons. The fraction of sp³-hybridized carbons (Fsp3) is 0.214. The maximum absolute atomic E-state index is 10.9. The predicted octanol–water partition coefficient (Wildman–Crippen LogP) is 3.55. The van der Waals surface area contributed by atoms with Gasteiger partial charge in [0.25, 0.3) is 0 Å². The molecular weight excluding hydrogens is 338 g/mol. The number of aryl methyl sites for hydroxylation is 1. The van der Waals surface area contributed by atoms with Gasteiger partial charge in [-0.25, -0.2) is 0 Å². The van der Waals surface area contributed by atoms with E-state index in [0.717, 1.165) is 11.3 Å². The molecule has 1 aromatic carbocycles. The van der Waals surface area contributed by atoms with Crippen LogP contribution >= 0.6 is 15.9 Å². The smallest absolute Gasteiger partial charge is 0.311 e. The summed E-state index contributed by atoms with van der Waals surface area (Å²) in [6.45, 7) is 2.83. The molecular formula is C14H14BrN3O3. The largest absolute Gasteiger partial charge is 0.492 e. The molecule has 2 rings (SSSR count). The first-order chi connectivity index (χ1) is 10.1. The summed E-state index contributed by atoms with van der Waals surface area (Å²) in [6.07, 6.45) is 2.73. The Kier molecular flexibility index (Phi) is 5.10. The highest BCUT2D eigenvalue weighted by atomic mass is 79.9. The first-order valence-electron chi connectivity index (χ1n) is 6.29.